The Hall–Kier alpha value is -4.88. The predicted octanol–water partition coefficient (Wildman–Crippen LogP) is 16.5. The van der Waals surface area contributed by atoms with Crippen molar-refractivity contribution in [2.75, 3.05) is 0 Å². The lowest BCUT2D eigenvalue weighted by Gasteiger charge is -2.20. The highest BCUT2D eigenvalue weighted by molar-refractivity contribution is 6.18. The van der Waals surface area contributed by atoms with Crippen LogP contribution < -0.4 is 0 Å². The fraction of sp³-hybridized carbons (Fsp3) is 0.357. The number of hydrogen-bond donors (Lipinski definition) is 0. The summed E-state index contributed by atoms with van der Waals surface area (Å²) in [6.45, 7) is 30.8. The van der Waals surface area contributed by atoms with E-state index in [1.807, 2.05) is 0 Å². The average molecular weight is 752 g/mol. The van der Waals surface area contributed by atoms with Crippen LogP contribution >= 0.6 is 0 Å². The second kappa shape index (κ2) is 14.8. The van der Waals surface area contributed by atoms with E-state index in [1.54, 1.807) is 0 Å². The molecule has 0 unspecified atom stereocenters. The summed E-state index contributed by atoms with van der Waals surface area (Å²) in [4.78, 5) is 0. The van der Waals surface area contributed by atoms with Gasteiger partial charge in [-0.1, -0.05) is 193 Å². The molecule has 0 atom stereocenters. The van der Waals surface area contributed by atoms with E-state index in [2.05, 4.69) is 216 Å². The van der Waals surface area contributed by atoms with Crippen LogP contribution in [0, 0.1) is 0 Å². The molecule has 1 heterocycles. The SMILES string of the molecule is CCCCn1c2c(-c3ccc(C(C)(C)C)cc3)cc(-c3ccc(C(C)(C)C)cc3)cc2c2cc(-c3ccc(C(C)(C)C)cc3)cc(-c3ccc(C(C)(C)C)cc3)c21. The van der Waals surface area contributed by atoms with E-state index in [0.29, 0.717) is 0 Å². The van der Waals surface area contributed by atoms with Crippen LogP contribution in [0.3, 0.4) is 0 Å². The predicted molar refractivity (Wildman–Crippen MR) is 251 cm³/mol. The zero-order valence-corrected chi connectivity index (χ0v) is 37.1. The molecule has 57 heavy (non-hydrogen) atoms. The molecule has 1 heteroatoms. The molecule has 0 amide bonds. The van der Waals surface area contributed by atoms with Gasteiger partial charge < -0.3 is 4.57 Å². The Kier molecular flexibility index (Phi) is 10.5. The Morgan fingerprint density at radius 1 is 0.351 bits per heavy atom. The smallest absolute Gasteiger partial charge is 0.0571 e. The molecule has 1 aromatic heterocycles. The van der Waals surface area contributed by atoms with Gasteiger partial charge in [0.15, 0.2) is 0 Å². The van der Waals surface area contributed by atoms with Gasteiger partial charge in [0.1, 0.15) is 0 Å². The highest BCUT2D eigenvalue weighted by Crippen LogP contribution is 2.45. The lowest BCUT2D eigenvalue weighted by atomic mass is 9.85. The second-order valence-electron chi connectivity index (χ2n) is 20.7. The maximum absolute atomic E-state index is 2.67. The fourth-order valence-electron chi connectivity index (χ4n) is 8.31. The van der Waals surface area contributed by atoms with E-state index in [9.17, 15) is 0 Å². The van der Waals surface area contributed by atoms with Crippen molar-refractivity contribution in [3.8, 4) is 44.5 Å². The van der Waals surface area contributed by atoms with Crippen LogP contribution in [0.15, 0.2) is 121 Å². The fourth-order valence-corrected chi connectivity index (χ4v) is 8.31. The molecule has 0 radical (unpaired) electrons. The van der Waals surface area contributed by atoms with E-state index in [1.165, 1.54) is 88.6 Å². The molecule has 0 N–H and O–H groups in total. The van der Waals surface area contributed by atoms with Crippen molar-refractivity contribution in [3.05, 3.63) is 144 Å². The van der Waals surface area contributed by atoms with Crippen LogP contribution in [0.5, 0.6) is 0 Å². The molecule has 7 rings (SSSR count). The Balaban J connectivity index is 1.60. The largest absolute Gasteiger partial charge is 0.339 e. The first-order valence-corrected chi connectivity index (χ1v) is 21.3. The lowest BCUT2D eigenvalue weighted by molar-refractivity contribution is 0.590. The van der Waals surface area contributed by atoms with E-state index in [4.69, 9.17) is 0 Å². The average Bonchev–Trinajstić information content (AvgIpc) is 3.48. The Labute approximate surface area is 344 Å². The van der Waals surface area contributed by atoms with Crippen molar-refractivity contribution in [2.24, 2.45) is 0 Å². The number of nitrogens with zero attached hydrogens (tertiary/aromatic N) is 1. The van der Waals surface area contributed by atoms with Crippen molar-refractivity contribution in [1.29, 1.82) is 0 Å². The zero-order chi connectivity index (χ0) is 41.1. The molecule has 6 aromatic carbocycles. The van der Waals surface area contributed by atoms with Gasteiger partial charge >= 0.3 is 0 Å². The van der Waals surface area contributed by atoms with Gasteiger partial charge in [-0.3, -0.25) is 0 Å². The van der Waals surface area contributed by atoms with Crippen LogP contribution in [0.2, 0.25) is 0 Å². The summed E-state index contributed by atoms with van der Waals surface area (Å²) in [6, 6.07) is 47.3. The summed E-state index contributed by atoms with van der Waals surface area (Å²) < 4.78 is 2.67. The highest BCUT2D eigenvalue weighted by atomic mass is 15.0. The van der Waals surface area contributed by atoms with E-state index in [-0.39, 0.29) is 21.7 Å². The number of benzene rings is 6. The number of fused-ring (bicyclic) bond motifs is 3. The van der Waals surface area contributed by atoms with Crippen molar-refractivity contribution >= 4 is 21.8 Å². The molecule has 0 aliphatic heterocycles. The summed E-state index contributed by atoms with van der Waals surface area (Å²) in [5, 5.41) is 2.63. The summed E-state index contributed by atoms with van der Waals surface area (Å²) in [5.41, 5.74) is 18.5. The number of aromatic nitrogens is 1. The third-order valence-corrected chi connectivity index (χ3v) is 12.1. The van der Waals surface area contributed by atoms with Crippen molar-refractivity contribution in [1.82, 2.24) is 4.57 Å². The van der Waals surface area contributed by atoms with E-state index >= 15 is 0 Å². The van der Waals surface area contributed by atoms with Crippen LogP contribution in [0.4, 0.5) is 0 Å². The quantitative estimate of drug-likeness (QED) is 0.153. The number of aryl methyl sites for hydroxylation is 1. The van der Waals surface area contributed by atoms with Crippen LogP contribution in [0.25, 0.3) is 66.3 Å². The minimum atomic E-state index is 0.0828. The van der Waals surface area contributed by atoms with Crippen molar-refractivity contribution < 1.29 is 0 Å². The second-order valence-corrected chi connectivity index (χ2v) is 20.7. The molecule has 0 bridgehead atoms. The first-order chi connectivity index (χ1) is 26.7. The maximum atomic E-state index is 2.67. The van der Waals surface area contributed by atoms with Crippen LogP contribution in [0.1, 0.15) is 125 Å². The number of unbranched alkanes of at least 4 members (excludes halogenated alkanes) is 1. The van der Waals surface area contributed by atoms with Gasteiger partial charge in [-0.2, -0.15) is 0 Å². The summed E-state index contributed by atoms with van der Waals surface area (Å²) in [7, 11) is 0. The Morgan fingerprint density at radius 3 is 0.895 bits per heavy atom. The molecule has 0 spiro atoms. The normalized spacial score (nSPS) is 12.9. The molecule has 0 aliphatic rings. The summed E-state index contributed by atoms with van der Waals surface area (Å²) >= 11 is 0. The Morgan fingerprint density at radius 2 is 0.632 bits per heavy atom. The summed E-state index contributed by atoms with van der Waals surface area (Å²) in [5.74, 6) is 0. The molecule has 0 fully saturated rings. The minimum Gasteiger partial charge on any atom is -0.339 e. The van der Waals surface area contributed by atoms with Gasteiger partial charge in [0.2, 0.25) is 0 Å². The van der Waals surface area contributed by atoms with Crippen molar-refractivity contribution in [3.63, 3.8) is 0 Å². The van der Waals surface area contributed by atoms with E-state index < -0.39 is 0 Å². The topological polar surface area (TPSA) is 4.93 Å². The maximum Gasteiger partial charge on any atom is 0.0571 e. The first-order valence-electron chi connectivity index (χ1n) is 21.3. The Bertz CT molecular complexity index is 2330. The molecule has 0 saturated heterocycles. The first kappa shape index (κ1) is 40.3. The standard InChI is InChI=1S/C56H65N/c1-14-15-32-57-51-47(39-20-28-45(29-21-39)55(8,9)10)33-41(37-16-24-43(25-17-37)53(2,3)4)35-49(51)50-36-42(38-18-26-44(27-19-38)54(5,6)7)34-48(52(50)57)40-22-30-46(31-23-40)56(11,12)13/h16-31,33-36H,14-15,32H2,1-13H3. The van der Waals surface area contributed by atoms with Gasteiger partial charge in [0, 0.05) is 28.4 Å². The third-order valence-electron chi connectivity index (χ3n) is 12.1. The minimum absolute atomic E-state index is 0.0828. The van der Waals surface area contributed by atoms with Gasteiger partial charge in [0.05, 0.1) is 11.0 Å². The van der Waals surface area contributed by atoms with Gasteiger partial charge in [0.25, 0.3) is 0 Å². The molecule has 0 aliphatic carbocycles. The highest BCUT2D eigenvalue weighted by Gasteiger charge is 2.24. The monoisotopic (exact) mass is 752 g/mol. The molecule has 1 nitrogen and oxygen atoms in total. The number of hydrogen-bond acceptors (Lipinski definition) is 0. The van der Waals surface area contributed by atoms with Gasteiger partial charge in [-0.25, -0.2) is 0 Å². The van der Waals surface area contributed by atoms with Crippen LogP contribution in [-0.4, -0.2) is 4.57 Å². The van der Waals surface area contributed by atoms with Gasteiger partial charge in [-0.15, -0.1) is 0 Å². The molecular weight excluding hydrogens is 687 g/mol. The molecule has 0 saturated carbocycles. The lowest BCUT2D eigenvalue weighted by Crippen LogP contribution is -2.10. The van der Waals surface area contributed by atoms with Crippen LogP contribution in [-0.2, 0) is 28.2 Å². The number of rotatable bonds is 7. The van der Waals surface area contributed by atoms with Gasteiger partial charge in [-0.05, 0) is 108 Å². The van der Waals surface area contributed by atoms with E-state index in [0.717, 1.165) is 19.4 Å². The van der Waals surface area contributed by atoms with Crippen molar-refractivity contribution in [2.45, 2.75) is 131 Å². The summed E-state index contributed by atoms with van der Waals surface area (Å²) in [6.07, 6.45) is 2.23. The third kappa shape index (κ3) is 8.14. The molecule has 7 aromatic rings. The molecular formula is C56H65N. The molecule has 294 valence electrons. The zero-order valence-electron chi connectivity index (χ0n) is 37.1.